The van der Waals surface area contributed by atoms with Crippen molar-refractivity contribution in [3.8, 4) is 0 Å². The van der Waals surface area contributed by atoms with Gasteiger partial charge in [0.2, 0.25) is 6.20 Å². The normalized spacial score (nSPS) is 11.5. The molecule has 0 aliphatic rings. The lowest BCUT2D eigenvalue weighted by atomic mass is 10.1. The molecule has 0 saturated carbocycles. The van der Waals surface area contributed by atoms with Gasteiger partial charge in [-0.05, 0) is 43.2 Å². The van der Waals surface area contributed by atoms with Gasteiger partial charge in [-0.2, -0.15) is 0 Å². The predicted octanol–water partition coefficient (Wildman–Crippen LogP) is 5.06. The third kappa shape index (κ3) is 4.60. The van der Waals surface area contributed by atoms with Gasteiger partial charge in [-0.3, -0.25) is 10.1 Å². The fraction of sp³-hybridized carbons (Fsp3) is 0.174. The number of nitrogens with zero attached hydrogens (tertiary/aromatic N) is 2. The smallest absolute Gasteiger partial charge is 0.345 e. The highest BCUT2D eigenvalue weighted by Gasteiger charge is 2.16. The lowest BCUT2D eigenvalue weighted by Crippen LogP contribution is -2.25. The molecule has 148 valence electrons. The lowest BCUT2D eigenvalue weighted by molar-refractivity contribution is -0.400. The Morgan fingerprint density at radius 2 is 1.59 bits per heavy atom. The lowest BCUT2D eigenvalue weighted by Gasteiger charge is -2.24. The molecule has 0 spiro atoms. The van der Waals surface area contributed by atoms with E-state index in [0.717, 1.165) is 41.5 Å². The van der Waals surface area contributed by atoms with Crippen molar-refractivity contribution in [2.75, 3.05) is 18.0 Å². The van der Waals surface area contributed by atoms with Crippen LogP contribution in [0.3, 0.4) is 0 Å². The Balaban J connectivity index is 2.03. The number of para-hydroxylation sites is 1. The van der Waals surface area contributed by atoms with Crippen molar-refractivity contribution in [3.05, 3.63) is 92.0 Å². The summed E-state index contributed by atoms with van der Waals surface area (Å²) in [5.74, 6) is 0. The zero-order valence-corrected chi connectivity index (χ0v) is 16.4. The van der Waals surface area contributed by atoms with E-state index < -0.39 is 4.92 Å². The van der Waals surface area contributed by atoms with E-state index in [1.807, 2.05) is 36.4 Å². The van der Waals surface area contributed by atoms with Crippen molar-refractivity contribution in [1.29, 1.82) is 0 Å². The first-order valence-electron chi connectivity index (χ1n) is 9.44. The van der Waals surface area contributed by atoms with Gasteiger partial charge in [0, 0.05) is 24.6 Å². The Morgan fingerprint density at radius 1 is 0.966 bits per heavy atom. The average Bonchev–Trinajstić information content (AvgIpc) is 2.73. The van der Waals surface area contributed by atoms with Crippen LogP contribution in [0.1, 0.15) is 30.5 Å². The molecular weight excluding hydrogens is 368 g/mol. The zero-order chi connectivity index (χ0) is 20.8. The second kappa shape index (κ2) is 9.01. The van der Waals surface area contributed by atoms with Crippen molar-refractivity contribution in [1.82, 2.24) is 0 Å². The molecule has 0 bridgehead atoms. The predicted molar refractivity (Wildman–Crippen MR) is 117 cm³/mol. The van der Waals surface area contributed by atoms with Gasteiger partial charge in [0.25, 0.3) is 0 Å². The highest BCUT2D eigenvalue weighted by Crippen LogP contribution is 2.30. The van der Waals surface area contributed by atoms with Crippen molar-refractivity contribution in [2.24, 2.45) is 0 Å². The van der Waals surface area contributed by atoms with Crippen LogP contribution in [0.15, 0.2) is 63.9 Å². The van der Waals surface area contributed by atoms with Gasteiger partial charge in [0.15, 0.2) is 0 Å². The van der Waals surface area contributed by atoms with Gasteiger partial charge in [0.1, 0.15) is 5.58 Å². The Labute approximate surface area is 168 Å². The number of rotatable bonds is 7. The maximum Gasteiger partial charge on any atom is 0.345 e. The Hall–Kier alpha value is -3.67. The highest BCUT2D eigenvalue weighted by atomic mass is 16.6. The first-order chi connectivity index (χ1) is 14.0. The molecule has 0 fully saturated rings. The molecule has 0 atom stereocenters. The van der Waals surface area contributed by atoms with Gasteiger partial charge >= 0.3 is 5.63 Å². The average molecular weight is 390 g/mol. The van der Waals surface area contributed by atoms with Crippen LogP contribution in [-0.2, 0) is 0 Å². The standard InChI is InChI=1S/C23H22N2O4/c1-3-24(4-2)22-19-7-5-6-8-21(19)29-23(26)20(22)14-13-17-9-11-18(12-10-17)15-16-25(27)28/h5-16H,3-4H2,1-2H3/b14-13+,16-15+. The Bertz CT molecular complexity index is 1120. The summed E-state index contributed by atoms with van der Waals surface area (Å²) in [4.78, 5) is 24.8. The first kappa shape index (κ1) is 20.1. The summed E-state index contributed by atoms with van der Waals surface area (Å²) in [5.41, 5.74) is 3.16. The third-order valence-electron chi connectivity index (χ3n) is 4.67. The second-order valence-corrected chi connectivity index (χ2v) is 6.42. The van der Waals surface area contributed by atoms with E-state index in [-0.39, 0.29) is 5.63 Å². The summed E-state index contributed by atoms with van der Waals surface area (Å²) < 4.78 is 5.53. The molecule has 0 aliphatic heterocycles. The fourth-order valence-corrected chi connectivity index (χ4v) is 3.22. The van der Waals surface area contributed by atoms with Crippen LogP contribution in [-0.4, -0.2) is 18.0 Å². The number of fused-ring (bicyclic) bond motifs is 1. The molecular formula is C23H22N2O4. The molecule has 0 aliphatic carbocycles. The topological polar surface area (TPSA) is 76.6 Å². The molecule has 3 rings (SSSR count). The highest BCUT2D eigenvalue weighted by molar-refractivity contribution is 5.96. The minimum Gasteiger partial charge on any atom is -0.422 e. The minimum absolute atomic E-state index is 0.382. The summed E-state index contributed by atoms with van der Waals surface area (Å²) in [6.45, 7) is 5.64. The molecule has 1 aromatic heterocycles. The second-order valence-electron chi connectivity index (χ2n) is 6.42. The molecule has 0 N–H and O–H groups in total. The molecule has 0 radical (unpaired) electrons. The van der Waals surface area contributed by atoms with Crippen molar-refractivity contribution in [2.45, 2.75) is 13.8 Å². The third-order valence-corrected chi connectivity index (χ3v) is 4.67. The van der Waals surface area contributed by atoms with Crippen molar-refractivity contribution >= 4 is 34.9 Å². The number of benzene rings is 2. The van der Waals surface area contributed by atoms with Crippen LogP contribution in [0.2, 0.25) is 0 Å². The Kier molecular flexibility index (Phi) is 6.24. The summed E-state index contributed by atoms with van der Waals surface area (Å²) in [7, 11) is 0. The number of hydrogen-bond acceptors (Lipinski definition) is 5. The Morgan fingerprint density at radius 3 is 2.21 bits per heavy atom. The van der Waals surface area contributed by atoms with Crippen LogP contribution in [0, 0.1) is 10.1 Å². The summed E-state index contributed by atoms with van der Waals surface area (Å²) in [6.07, 6.45) is 5.95. The summed E-state index contributed by atoms with van der Waals surface area (Å²) >= 11 is 0. The van der Waals surface area contributed by atoms with Crippen LogP contribution < -0.4 is 10.5 Å². The molecule has 2 aromatic carbocycles. The van der Waals surface area contributed by atoms with Crippen LogP contribution >= 0.6 is 0 Å². The van der Waals surface area contributed by atoms with E-state index in [9.17, 15) is 14.9 Å². The van der Waals surface area contributed by atoms with Crippen LogP contribution in [0.5, 0.6) is 0 Å². The van der Waals surface area contributed by atoms with E-state index in [2.05, 4.69) is 18.7 Å². The quantitative estimate of drug-likeness (QED) is 0.320. The van der Waals surface area contributed by atoms with Crippen molar-refractivity contribution in [3.63, 3.8) is 0 Å². The molecule has 1 heterocycles. The van der Waals surface area contributed by atoms with Gasteiger partial charge in [-0.25, -0.2) is 4.79 Å². The molecule has 0 unspecified atom stereocenters. The first-order valence-corrected chi connectivity index (χ1v) is 9.44. The molecule has 29 heavy (non-hydrogen) atoms. The monoisotopic (exact) mass is 390 g/mol. The van der Waals surface area contributed by atoms with Crippen LogP contribution in [0.4, 0.5) is 5.69 Å². The fourth-order valence-electron chi connectivity index (χ4n) is 3.22. The summed E-state index contributed by atoms with van der Waals surface area (Å²) in [6, 6.07) is 14.8. The van der Waals surface area contributed by atoms with Crippen LogP contribution in [0.25, 0.3) is 29.2 Å². The number of anilines is 1. The van der Waals surface area contributed by atoms with Gasteiger partial charge in [0.05, 0.1) is 16.2 Å². The maximum absolute atomic E-state index is 12.7. The molecule has 6 heteroatoms. The maximum atomic E-state index is 12.7. The van der Waals surface area contributed by atoms with Gasteiger partial charge in [-0.1, -0.05) is 42.5 Å². The van der Waals surface area contributed by atoms with E-state index >= 15 is 0 Å². The van der Waals surface area contributed by atoms with Crippen molar-refractivity contribution < 1.29 is 9.34 Å². The minimum atomic E-state index is -0.498. The SMILES string of the molecule is CCN(CC)c1c(/C=C/c2ccc(/C=C/[N+](=O)[O-])cc2)c(=O)oc2ccccc12. The molecule has 0 amide bonds. The largest absolute Gasteiger partial charge is 0.422 e. The zero-order valence-electron chi connectivity index (χ0n) is 16.4. The molecule has 3 aromatic rings. The van der Waals surface area contributed by atoms with E-state index in [1.54, 1.807) is 24.3 Å². The van der Waals surface area contributed by atoms with Gasteiger partial charge < -0.3 is 9.32 Å². The van der Waals surface area contributed by atoms with E-state index in [4.69, 9.17) is 4.42 Å². The molecule has 6 nitrogen and oxygen atoms in total. The molecule has 0 saturated heterocycles. The van der Waals surface area contributed by atoms with E-state index in [1.165, 1.54) is 6.08 Å². The number of hydrogen-bond donors (Lipinski definition) is 0. The van der Waals surface area contributed by atoms with Gasteiger partial charge in [-0.15, -0.1) is 0 Å². The van der Waals surface area contributed by atoms with E-state index in [0.29, 0.717) is 11.1 Å². The number of nitro groups is 1. The summed E-state index contributed by atoms with van der Waals surface area (Å²) in [5, 5.41) is 11.3.